The van der Waals surface area contributed by atoms with Gasteiger partial charge in [0, 0.05) is 40.1 Å². The van der Waals surface area contributed by atoms with Crippen LogP contribution in [0.5, 0.6) is 0 Å². The Morgan fingerprint density at radius 1 is 1.16 bits per heavy atom. The van der Waals surface area contributed by atoms with Crippen molar-refractivity contribution in [2.45, 2.75) is 38.1 Å². The molecule has 0 bridgehead atoms. The fraction of sp³-hybridized carbons (Fsp3) is 0.286. The van der Waals surface area contributed by atoms with Crippen LogP contribution in [0.2, 0.25) is 5.02 Å². The Morgan fingerprint density at radius 2 is 1.92 bits per heavy atom. The number of carboxylic acids is 1. The fourth-order valence-corrected chi connectivity index (χ4v) is 4.25. The lowest BCUT2D eigenvalue weighted by atomic mass is 9.88. The van der Waals surface area contributed by atoms with Gasteiger partial charge in [-0.25, -0.2) is 0 Å². The number of aromatic nitrogens is 1. The van der Waals surface area contributed by atoms with Crippen molar-refractivity contribution in [3.63, 3.8) is 0 Å². The van der Waals surface area contributed by atoms with Crippen LogP contribution in [-0.2, 0) is 17.8 Å². The SMILES string of the molecule is O=C([O-])CC1CCCn2c1c(Cc1ccc(Cl)cc1)c1ccccc12. The summed E-state index contributed by atoms with van der Waals surface area (Å²) in [4.78, 5) is 11.3. The second kappa shape index (κ2) is 6.57. The largest absolute Gasteiger partial charge is 0.550 e. The number of aliphatic carboxylic acids is 1. The molecule has 1 unspecified atom stereocenters. The number of halogens is 1. The van der Waals surface area contributed by atoms with Crippen LogP contribution in [0.4, 0.5) is 0 Å². The number of benzene rings is 2. The third-order valence-corrected chi connectivity index (χ3v) is 5.40. The van der Waals surface area contributed by atoms with Gasteiger partial charge in [0.2, 0.25) is 0 Å². The number of carboxylic acid groups (broad SMARTS) is 1. The predicted octanol–water partition coefficient (Wildman–Crippen LogP) is 3.90. The second-order valence-corrected chi connectivity index (χ2v) is 7.19. The van der Waals surface area contributed by atoms with Crippen LogP contribution in [0.3, 0.4) is 0 Å². The Balaban J connectivity index is 1.86. The van der Waals surface area contributed by atoms with Gasteiger partial charge in [0.25, 0.3) is 0 Å². The Morgan fingerprint density at radius 3 is 2.68 bits per heavy atom. The summed E-state index contributed by atoms with van der Waals surface area (Å²) in [5.74, 6) is -0.949. The molecule has 4 rings (SSSR count). The molecule has 0 spiro atoms. The van der Waals surface area contributed by atoms with Gasteiger partial charge in [-0.15, -0.1) is 0 Å². The molecule has 0 amide bonds. The normalized spacial score (nSPS) is 16.8. The highest BCUT2D eigenvalue weighted by Gasteiger charge is 2.27. The van der Waals surface area contributed by atoms with Crippen molar-refractivity contribution in [3.8, 4) is 0 Å². The Labute approximate surface area is 151 Å². The maximum Gasteiger partial charge on any atom is 0.0485 e. The molecule has 0 saturated carbocycles. The minimum absolute atomic E-state index is 0.0217. The van der Waals surface area contributed by atoms with Crippen molar-refractivity contribution in [2.24, 2.45) is 0 Å². The van der Waals surface area contributed by atoms with Crippen LogP contribution in [0, 0.1) is 0 Å². The molecule has 3 nitrogen and oxygen atoms in total. The van der Waals surface area contributed by atoms with Gasteiger partial charge in [0.15, 0.2) is 0 Å². The van der Waals surface area contributed by atoms with Gasteiger partial charge in [0.1, 0.15) is 0 Å². The van der Waals surface area contributed by atoms with Crippen LogP contribution in [-0.4, -0.2) is 10.5 Å². The van der Waals surface area contributed by atoms with Crippen molar-refractivity contribution in [2.75, 3.05) is 0 Å². The van der Waals surface area contributed by atoms with E-state index in [1.54, 1.807) is 0 Å². The van der Waals surface area contributed by atoms with Gasteiger partial charge < -0.3 is 14.5 Å². The lowest BCUT2D eigenvalue weighted by Gasteiger charge is -2.27. The summed E-state index contributed by atoms with van der Waals surface area (Å²) < 4.78 is 2.32. The maximum atomic E-state index is 11.3. The third kappa shape index (κ3) is 3.05. The van der Waals surface area contributed by atoms with Gasteiger partial charge in [-0.1, -0.05) is 41.9 Å². The highest BCUT2D eigenvalue weighted by molar-refractivity contribution is 6.30. The molecular weight excluding hydrogens is 334 g/mol. The van der Waals surface area contributed by atoms with E-state index < -0.39 is 5.97 Å². The van der Waals surface area contributed by atoms with Gasteiger partial charge in [-0.05, 0) is 55.0 Å². The summed E-state index contributed by atoms with van der Waals surface area (Å²) in [5, 5.41) is 13.2. The minimum Gasteiger partial charge on any atom is -0.550 e. The van der Waals surface area contributed by atoms with Crippen molar-refractivity contribution in [1.29, 1.82) is 0 Å². The monoisotopic (exact) mass is 352 g/mol. The maximum absolute atomic E-state index is 11.3. The molecule has 1 aliphatic rings. The molecular formula is C21H19ClNO2-. The smallest absolute Gasteiger partial charge is 0.0485 e. The molecule has 0 fully saturated rings. The number of fused-ring (bicyclic) bond motifs is 3. The van der Waals surface area contributed by atoms with Crippen LogP contribution in [0.1, 0.15) is 42.0 Å². The zero-order valence-electron chi connectivity index (χ0n) is 13.9. The molecule has 1 aromatic heterocycles. The van der Waals surface area contributed by atoms with Crippen LogP contribution < -0.4 is 5.11 Å². The fourth-order valence-electron chi connectivity index (χ4n) is 4.13. The van der Waals surface area contributed by atoms with Crippen molar-refractivity contribution in [1.82, 2.24) is 4.57 Å². The number of rotatable bonds is 4. The van der Waals surface area contributed by atoms with Crippen molar-refractivity contribution in [3.05, 3.63) is 70.4 Å². The zero-order valence-corrected chi connectivity index (χ0v) is 14.6. The summed E-state index contributed by atoms with van der Waals surface area (Å²) in [6.45, 7) is 0.944. The minimum atomic E-state index is -0.971. The third-order valence-electron chi connectivity index (χ3n) is 5.15. The van der Waals surface area contributed by atoms with Crippen LogP contribution in [0.25, 0.3) is 10.9 Å². The summed E-state index contributed by atoms with van der Waals surface area (Å²) in [6, 6.07) is 16.3. The van der Waals surface area contributed by atoms with E-state index in [1.807, 2.05) is 36.4 Å². The highest BCUT2D eigenvalue weighted by atomic mass is 35.5. The molecule has 1 atom stereocenters. The van der Waals surface area contributed by atoms with E-state index in [9.17, 15) is 9.90 Å². The van der Waals surface area contributed by atoms with E-state index in [0.717, 1.165) is 30.8 Å². The Hall–Kier alpha value is -2.26. The highest BCUT2D eigenvalue weighted by Crippen LogP contribution is 2.39. The summed E-state index contributed by atoms with van der Waals surface area (Å²) in [6.07, 6.45) is 2.77. The molecule has 0 saturated heterocycles. The topological polar surface area (TPSA) is 45.1 Å². The Bertz CT molecular complexity index is 927. The van der Waals surface area contributed by atoms with E-state index in [0.29, 0.717) is 0 Å². The number of para-hydroxylation sites is 1. The molecule has 2 heterocycles. The molecule has 128 valence electrons. The van der Waals surface area contributed by atoms with Gasteiger partial charge in [-0.2, -0.15) is 0 Å². The van der Waals surface area contributed by atoms with Crippen LogP contribution in [0.15, 0.2) is 48.5 Å². The quantitative estimate of drug-likeness (QED) is 0.714. The first kappa shape index (κ1) is 16.2. The number of carbonyl (C=O) groups excluding carboxylic acids is 1. The standard InChI is InChI=1S/C21H20ClNO2/c22-16-9-7-14(8-10-16)12-18-17-5-1-2-6-19(17)23-11-3-4-15(21(18)23)13-20(24)25/h1-2,5-10,15H,3-4,11-13H2,(H,24,25)/p-1. The first-order valence-electron chi connectivity index (χ1n) is 8.68. The summed E-state index contributed by atoms with van der Waals surface area (Å²) >= 11 is 6.01. The number of carbonyl (C=O) groups is 1. The second-order valence-electron chi connectivity index (χ2n) is 6.75. The summed E-state index contributed by atoms with van der Waals surface area (Å²) in [5.41, 5.74) is 4.79. The Kier molecular flexibility index (Phi) is 4.26. The lowest BCUT2D eigenvalue weighted by Crippen LogP contribution is -2.27. The molecule has 3 aromatic rings. The molecule has 25 heavy (non-hydrogen) atoms. The molecule has 2 aromatic carbocycles. The van der Waals surface area contributed by atoms with E-state index in [1.165, 1.54) is 27.7 Å². The molecule has 4 heteroatoms. The van der Waals surface area contributed by atoms with E-state index in [2.05, 4.69) is 16.7 Å². The predicted molar refractivity (Wildman–Crippen MR) is 97.8 cm³/mol. The van der Waals surface area contributed by atoms with E-state index in [4.69, 9.17) is 11.6 Å². The summed E-state index contributed by atoms with van der Waals surface area (Å²) in [7, 11) is 0. The van der Waals surface area contributed by atoms with E-state index >= 15 is 0 Å². The van der Waals surface area contributed by atoms with E-state index in [-0.39, 0.29) is 12.3 Å². The van der Waals surface area contributed by atoms with Crippen LogP contribution >= 0.6 is 11.6 Å². The number of nitrogens with zero attached hydrogens (tertiary/aromatic N) is 1. The number of hydrogen-bond acceptors (Lipinski definition) is 2. The molecule has 0 radical (unpaired) electrons. The molecule has 1 aliphatic heterocycles. The van der Waals surface area contributed by atoms with Gasteiger partial charge in [0.05, 0.1) is 0 Å². The lowest BCUT2D eigenvalue weighted by molar-refractivity contribution is -0.306. The van der Waals surface area contributed by atoms with Gasteiger partial charge >= 0.3 is 0 Å². The van der Waals surface area contributed by atoms with Crippen molar-refractivity contribution >= 4 is 28.5 Å². The van der Waals surface area contributed by atoms with Gasteiger partial charge in [-0.3, -0.25) is 0 Å². The molecule has 0 aliphatic carbocycles. The first-order valence-corrected chi connectivity index (χ1v) is 9.05. The number of hydrogen-bond donors (Lipinski definition) is 0. The average molecular weight is 353 g/mol. The molecule has 0 N–H and O–H groups in total. The van der Waals surface area contributed by atoms with Crippen molar-refractivity contribution < 1.29 is 9.90 Å². The number of aryl methyl sites for hydroxylation is 1. The first-order chi connectivity index (χ1) is 12.1. The average Bonchev–Trinajstić information content (AvgIpc) is 2.92. The zero-order chi connectivity index (χ0) is 17.4.